The molecule has 0 radical (unpaired) electrons. The van der Waals surface area contributed by atoms with Crippen molar-refractivity contribution < 1.29 is 13.2 Å². The van der Waals surface area contributed by atoms with Crippen LogP contribution >= 0.6 is 0 Å². The summed E-state index contributed by atoms with van der Waals surface area (Å²) < 4.78 is 23.0. The molecular weight excluding hydrogens is 298 g/mol. The number of rotatable bonds is 3. The first-order chi connectivity index (χ1) is 10.4. The third-order valence-electron chi connectivity index (χ3n) is 5.12. The number of sulfone groups is 1. The second-order valence-electron chi connectivity index (χ2n) is 6.64. The van der Waals surface area contributed by atoms with Crippen LogP contribution < -0.4 is 0 Å². The SMILES string of the molecule is Cc1ccccc1[C@@H]1C[C@@H]1C(=O)N(C)C1CCS(=O)(=O)CC1. The summed E-state index contributed by atoms with van der Waals surface area (Å²) in [5, 5.41) is 0. The lowest BCUT2D eigenvalue weighted by Gasteiger charge is -2.31. The molecule has 0 unspecified atom stereocenters. The zero-order valence-corrected chi connectivity index (χ0v) is 14.0. The lowest BCUT2D eigenvalue weighted by atomic mass is 10.0. The van der Waals surface area contributed by atoms with Crippen molar-refractivity contribution in [1.29, 1.82) is 0 Å². The fraction of sp³-hybridized carbons (Fsp3) is 0.588. The number of benzene rings is 1. The van der Waals surface area contributed by atoms with Crippen molar-refractivity contribution in [3.63, 3.8) is 0 Å². The Hall–Kier alpha value is -1.36. The van der Waals surface area contributed by atoms with E-state index in [-0.39, 0.29) is 29.4 Å². The van der Waals surface area contributed by atoms with Crippen molar-refractivity contribution in [2.24, 2.45) is 5.92 Å². The molecule has 1 saturated heterocycles. The van der Waals surface area contributed by atoms with Gasteiger partial charge in [-0.3, -0.25) is 4.79 Å². The van der Waals surface area contributed by atoms with E-state index in [1.165, 1.54) is 11.1 Å². The molecule has 5 heteroatoms. The van der Waals surface area contributed by atoms with Gasteiger partial charge in [0.1, 0.15) is 9.84 Å². The first-order valence-electron chi connectivity index (χ1n) is 7.91. The number of carbonyl (C=O) groups is 1. The fourth-order valence-electron chi connectivity index (χ4n) is 3.52. The van der Waals surface area contributed by atoms with Gasteiger partial charge < -0.3 is 4.90 Å². The maximum absolute atomic E-state index is 12.6. The van der Waals surface area contributed by atoms with Gasteiger partial charge in [-0.1, -0.05) is 24.3 Å². The first kappa shape index (κ1) is 15.5. The number of aryl methyl sites for hydroxylation is 1. The quantitative estimate of drug-likeness (QED) is 0.857. The normalized spacial score (nSPS) is 27.4. The number of hydrogen-bond acceptors (Lipinski definition) is 3. The first-order valence-corrected chi connectivity index (χ1v) is 9.74. The Bertz CT molecular complexity index is 669. The van der Waals surface area contributed by atoms with Crippen molar-refractivity contribution in [1.82, 2.24) is 4.90 Å². The van der Waals surface area contributed by atoms with Crippen LogP contribution in [-0.4, -0.2) is 43.8 Å². The average Bonchev–Trinajstić information content (AvgIpc) is 3.26. The maximum atomic E-state index is 12.6. The molecule has 1 saturated carbocycles. The van der Waals surface area contributed by atoms with E-state index >= 15 is 0 Å². The van der Waals surface area contributed by atoms with Gasteiger partial charge in [0.05, 0.1) is 11.5 Å². The van der Waals surface area contributed by atoms with Gasteiger partial charge >= 0.3 is 0 Å². The summed E-state index contributed by atoms with van der Waals surface area (Å²) >= 11 is 0. The predicted octanol–water partition coefficient (Wildman–Crippen LogP) is 2.13. The van der Waals surface area contributed by atoms with E-state index in [9.17, 15) is 13.2 Å². The van der Waals surface area contributed by atoms with Crippen LogP contribution in [0.1, 0.15) is 36.3 Å². The minimum atomic E-state index is -2.88. The van der Waals surface area contributed by atoms with Crippen LogP contribution in [0.5, 0.6) is 0 Å². The molecule has 2 atom stereocenters. The molecule has 120 valence electrons. The van der Waals surface area contributed by atoms with Crippen molar-refractivity contribution in [3.8, 4) is 0 Å². The highest BCUT2D eigenvalue weighted by atomic mass is 32.2. The molecule has 1 heterocycles. The van der Waals surface area contributed by atoms with E-state index in [4.69, 9.17) is 0 Å². The Labute approximate surface area is 132 Å². The Morgan fingerprint density at radius 3 is 2.45 bits per heavy atom. The number of amides is 1. The van der Waals surface area contributed by atoms with Gasteiger partial charge in [-0.25, -0.2) is 8.42 Å². The Morgan fingerprint density at radius 2 is 1.82 bits per heavy atom. The van der Waals surface area contributed by atoms with E-state index in [0.717, 1.165) is 6.42 Å². The zero-order chi connectivity index (χ0) is 15.9. The standard InChI is InChI=1S/C17H23NO3S/c1-12-5-3-4-6-14(12)15-11-16(15)17(19)18(2)13-7-9-22(20,21)10-8-13/h3-6,13,15-16H,7-11H2,1-2H3/t15-,16-/m0/s1. The summed E-state index contributed by atoms with van der Waals surface area (Å²) in [4.78, 5) is 14.4. The highest BCUT2D eigenvalue weighted by Crippen LogP contribution is 2.49. The molecule has 22 heavy (non-hydrogen) atoms. The van der Waals surface area contributed by atoms with Crippen LogP contribution in [0.25, 0.3) is 0 Å². The lowest BCUT2D eigenvalue weighted by molar-refractivity contribution is -0.133. The highest BCUT2D eigenvalue weighted by Gasteiger charge is 2.46. The average molecular weight is 321 g/mol. The molecule has 1 aromatic carbocycles. The second-order valence-corrected chi connectivity index (χ2v) is 8.94. The molecule has 2 aliphatic rings. The van der Waals surface area contributed by atoms with Crippen molar-refractivity contribution in [2.75, 3.05) is 18.6 Å². The van der Waals surface area contributed by atoms with Crippen molar-refractivity contribution in [3.05, 3.63) is 35.4 Å². The zero-order valence-electron chi connectivity index (χ0n) is 13.2. The minimum absolute atomic E-state index is 0.0737. The molecule has 0 spiro atoms. The van der Waals surface area contributed by atoms with Gasteiger partial charge in [-0.2, -0.15) is 0 Å². The molecule has 1 aromatic rings. The molecule has 0 N–H and O–H groups in total. The molecule has 0 bridgehead atoms. The topological polar surface area (TPSA) is 54.5 Å². The van der Waals surface area contributed by atoms with Crippen LogP contribution in [0, 0.1) is 12.8 Å². The van der Waals surface area contributed by atoms with Crippen LogP contribution in [0.2, 0.25) is 0 Å². The Balaban J connectivity index is 1.63. The van der Waals surface area contributed by atoms with Gasteiger partial charge in [-0.05, 0) is 43.2 Å². The molecule has 4 nitrogen and oxygen atoms in total. The monoisotopic (exact) mass is 321 g/mol. The Morgan fingerprint density at radius 1 is 1.18 bits per heavy atom. The number of carbonyl (C=O) groups excluding carboxylic acids is 1. The summed E-state index contributed by atoms with van der Waals surface area (Å²) in [6.45, 7) is 2.09. The summed E-state index contributed by atoms with van der Waals surface area (Å²) in [6, 6.07) is 8.32. The Kier molecular flexibility index (Phi) is 4.02. The van der Waals surface area contributed by atoms with Gasteiger partial charge in [0.15, 0.2) is 0 Å². The van der Waals surface area contributed by atoms with E-state index in [2.05, 4.69) is 19.1 Å². The number of nitrogens with zero attached hydrogens (tertiary/aromatic N) is 1. The van der Waals surface area contributed by atoms with Crippen LogP contribution in [0.3, 0.4) is 0 Å². The number of hydrogen-bond donors (Lipinski definition) is 0. The summed E-state index contributed by atoms with van der Waals surface area (Å²) in [5.74, 6) is 1.01. The third kappa shape index (κ3) is 3.05. The van der Waals surface area contributed by atoms with E-state index < -0.39 is 9.84 Å². The van der Waals surface area contributed by atoms with Crippen LogP contribution in [0.4, 0.5) is 0 Å². The van der Waals surface area contributed by atoms with Gasteiger partial charge in [0.2, 0.25) is 5.91 Å². The molecule has 1 aliphatic heterocycles. The second kappa shape index (κ2) is 5.69. The van der Waals surface area contributed by atoms with E-state index in [1.54, 1.807) is 4.90 Å². The molecule has 1 amide bonds. The van der Waals surface area contributed by atoms with Crippen molar-refractivity contribution in [2.45, 2.75) is 38.1 Å². The predicted molar refractivity (Wildman–Crippen MR) is 86.5 cm³/mol. The molecular formula is C17H23NO3S. The fourth-order valence-corrected chi connectivity index (χ4v) is 4.99. The third-order valence-corrected chi connectivity index (χ3v) is 6.83. The maximum Gasteiger partial charge on any atom is 0.226 e. The minimum Gasteiger partial charge on any atom is -0.342 e. The summed E-state index contributed by atoms with van der Waals surface area (Å²) in [7, 11) is -1.05. The van der Waals surface area contributed by atoms with Gasteiger partial charge in [0, 0.05) is 19.0 Å². The summed E-state index contributed by atoms with van der Waals surface area (Å²) in [6.07, 6.45) is 2.07. The highest BCUT2D eigenvalue weighted by molar-refractivity contribution is 7.91. The molecule has 0 aromatic heterocycles. The summed E-state index contributed by atoms with van der Waals surface area (Å²) in [5.41, 5.74) is 2.52. The van der Waals surface area contributed by atoms with Crippen LogP contribution in [-0.2, 0) is 14.6 Å². The largest absolute Gasteiger partial charge is 0.342 e. The van der Waals surface area contributed by atoms with E-state index in [1.807, 2.05) is 19.2 Å². The molecule has 2 fully saturated rings. The molecule has 3 rings (SSSR count). The lowest BCUT2D eigenvalue weighted by Crippen LogP contribution is -2.43. The molecule has 1 aliphatic carbocycles. The van der Waals surface area contributed by atoms with E-state index in [0.29, 0.717) is 18.8 Å². The van der Waals surface area contributed by atoms with Crippen LogP contribution in [0.15, 0.2) is 24.3 Å². The van der Waals surface area contributed by atoms with Gasteiger partial charge in [0.25, 0.3) is 0 Å². The smallest absolute Gasteiger partial charge is 0.226 e. The van der Waals surface area contributed by atoms with Crippen molar-refractivity contribution >= 4 is 15.7 Å². The van der Waals surface area contributed by atoms with Gasteiger partial charge in [-0.15, -0.1) is 0 Å².